The molecule has 0 spiro atoms. The van der Waals surface area contributed by atoms with Gasteiger partial charge in [0, 0.05) is 23.6 Å². The first-order chi connectivity index (χ1) is 8.66. The highest BCUT2D eigenvalue weighted by atomic mass is 16.3. The lowest BCUT2D eigenvalue weighted by Crippen LogP contribution is -2.11. The van der Waals surface area contributed by atoms with Crippen LogP contribution in [0.15, 0.2) is 48.8 Å². The predicted molar refractivity (Wildman–Crippen MR) is 69.3 cm³/mol. The van der Waals surface area contributed by atoms with E-state index >= 15 is 0 Å². The van der Waals surface area contributed by atoms with Gasteiger partial charge in [-0.15, -0.1) is 0 Å². The van der Waals surface area contributed by atoms with Gasteiger partial charge in [0.25, 0.3) is 5.91 Å². The molecule has 1 heterocycles. The fourth-order valence-corrected chi connectivity index (χ4v) is 1.55. The molecule has 0 bridgehead atoms. The molecule has 0 saturated carbocycles. The summed E-state index contributed by atoms with van der Waals surface area (Å²) in [5.74, 6) is -0.179. The summed E-state index contributed by atoms with van der Waals surface area (Å²) in [6, 6.07) is 10.4. The highest BCUT2D eigenvalue weighted by Crippen LogP contribution is 2.16. The summed E-state index contributed by atoms with van der Waals surface area (Å²) in [6.07, 6.45) is 2.65. The molecule has 1 amide bonds. The van der Waals surface area contributed by atoms with Crippen LogP contribution >= 0.6 is 0 Å². The lowest BCUT2D eigenvalue weighted by atomic mass is 10.1. The number of rotatable bonds is 3. The first kappa shape index (κ1) is 12.3. The van der Waals surface area contributed by atoms with E-state index in [4.69, 9.17) is 0 Å². The normalized spacial score (nSPS) is 11.9. The SMILES string of the molecule is C[C@@H](O)c1ccc(NC(=O)c2ccncc2)cc1. The summed E-state index contributed by atoms with van der Waals surface area (Å²) in [5, 5.41) is 12.2. The van der Waals surface area contributed by atoms with Gasteiger partial charge in [-0.3, -0.25) is 9.78 Å². The van der Waals surface area contributed by atoms with Crippen LogP contribution in [0.25, 0.3) is 0 Å². The third kappa shape index (κ3) is 2.93. The van der Waals surface area contributed by atoms with Crippen LogP contribution in [-0.4, -0.2) is 16.0 Å². The lowest BCUT2D eigenvalue weighted by molar-refractivity contribution is 0.102. The fourth-order valence-electron chi connectivity index (χ4n) is 1.55. The van der Waals surface area contributed by atoms with Crippen molar-refractivity contribution in [2.75, 3.05) is 5.32 Å². The van der Waals surface area contributed by atoms with Crippen molar-refractivity contribution in [3.8, 4) is 0 Å². The summed E-state index contributed by atoms with van der Waals surface area (Å²) >= 11 is 0. The molecular formula is C14H14N2O2. The Kier molecular flexibility index (Phi) is 3.69. The van der Waals surface area contributed by atoms with Crippen LogP contribution in [0.1, 0.15) is 28.9 Å². The fraction of sp³-hybridized carbons (Fsp3) is 0.143. The number of aliphatic hydroxyl groups excluding tert-OH is 1. The second kappa shape index (κ2) is 5.42. The average Bonchev–Trinajstić information content (AvgIpc) is 2.40. The second-order valence-electron chi connectivity index (χ2n) is 3.99. The molecule has 2 aromatic rings. The third-order valence-corrected chi connectivity index (χ3v) is 2.59. The van der Waals surface area contributed by atoms with Gasteiger partial charge in [-0.1, -0.05) is 12.1 Å². The first-order valence-electron chi connectivity index (χ1n) is 5.66. The number of carbonyl (C=O) groups excluding carboxylic acids is 1. The summed E-state index contributed by atoms with van der Waals surface area (Å²) in [7, 11) is 0. The number of aliphatic hydroxyl groups is 1. The number of nitrogens with zero attached hydrogens (tertiary/aromatic N) is 1. The number of hydrogen-bond acceptors (Lipinski definition) is 3. The number of pyridine rings is 1. The zero-order chi connectivity index (χ0) is 13.0. The molecule has 0 radical (unpaired) electrons. The van der Waals surface area contributed by atoms with Crippen LogP contribution in [-0.2, 0) is 0 Å². The molecule has 0 aliphatic heterocycles. The zero-order valence-electron chi connectivity index (χ0n) is 10.00. The maximum absolute atomic E-state index is 11.8. The number of anilines is 1. The highest BCUT2D eigenvalue weighted by molar-refractivity contribution is 6.04. The minimum atomic E-state index is -0.505. The van der Waals surface area contributed by atoms with Crippen molar-refractivity contribution in [3.05, 3.63) is 59.9 Å². The van der Waals surface area contributed by atoms with Gasteiger partial charge in [-0.2, -0.15) is 0 Å². The molecule has 0 fully saturated rings. The van der Waals surface area contributed by atoms with Crippen molar-refractivity contribution in [2.24, 2.45) is 0 Å². The van der Waals surface area contributed by atoms with Crippen molar-refractivity contribution < 1.29 is 9.90 Å². The largest absolute Gasteiger partial charge is 0.389 e. The number of nitrogens with one attached hydrogen (secondary N) is 1. The topological polar surface area (TPSA) is 62.2 Å². The molecule has 0 aliphatic carbocycles. The molecule has 2 N–H and O–H groups in total. The highest BCUT2D eigenvalue weighted by Gasteiger charge is 2.06. The molecule has 1 aromatic heterocycles. The van der Waals surface area contributed by atoms with Gasteiger partial charge < -0.3 is 10.4 Å². The van der Waals surface area contributed by atoms with Crippen molar-refractivity contribution in [1.29, 1.82) is 0 Å². The van der Waals surface area contributed by atoms with Gasteiger partial charge in [0.05, 0.1) is 6.10 Å². The van der Waals surface area contributed by atoms with Gasteiger partial charge in [0.15, 0.2) is 0 Å². The molecule has 0 unspecified atom stereocenters. The van der Waals surface area contributed by atoms with Crippen LogP contribution in [0.5, 0.6) is 0 Å². The molecule has 18 heavy (non-hydrogen) atoms. The molecule has 1 aromatic carbocycles. The van der Waals surface area contributed by atoms with Crippen LogP contribution < -0.4 is 5.32 Å². The van der Waals surface area contributed by atoms with Crippen LogP contribution in [0.4, 0.5) is 5.69 Å². The van der Waals surface area contributed by atoms with Gasteiger partial charge in [0.2, 0.25) is 0 Å². The van der Waals surface area contributed by atoms with Gasteiger partial charge >= 0.3 is 0 Å². The molecule has 0 saturated heterocycles. The summed E-state index contributed by atoms with van der Waals surface area (Å²) < 4.78 is 0. The Morgan fingerprint density at radius 1 is 1.17 bits per heavy atom. The summed E-state index contributed by atoms with van der Waals surface area (Å²) in [4.78, 5) is 15.7. The van der Waals surface area contributed by atoms with Crippen molar-refractivity contribution in [1.82, 2.24) is 4.98 Å². The van der Waals surface area contributed by atoms with E-state index in [2.05, 4.69) is 10.3 Å². The minimum absolute atomic E-state index is 0.179. The molecular weight excluding hydrogens is 228 g/mol. The molecule has 4 heteroatoms. The predicted octanol–water partition coefficient (Wildman–Crippen LogP) is 2.39. The number of carbonyl (C=O) groups is 1. The Morgan fingerprint density at radius 3 is 2.33 bits per heavy atom. The van der Waals surface area contributed by atoms with Gasteiger partial charge in [-0.25, -0.2) is 0 Å². The quantitative estimate of drug-likeness (QED) is 0.868. The molecule has 0 aliphatic rings. The Hall–Kier alpha value is -2.20. The Morgan fingerprint density at radius 2 is 1.78 bits per heavy atom. The number of hydrogen-bond donors (Lipinski definition) is 2. The number of amides is 1. The minimum Gasteiger partial charge on any atom is -0.389 e. The van der Waals surface area contributed by atoms with E-state index in [9.17, 15) is 9.90 Å². The average molecular weight is 242 g/mol. The maximum Gasteiger partial charge on any atom is 0.255 e. The number of benzene rings is 1. The third-order valence-electron chi connectivity index (χ3n) is 2.59. The Labute approximate surface area is 105 Å². The lowest BCUT2D eigenvalue weighted by Gasteiger charge is -2.07. The van der Waals surface area contributed by atoms with E-state index in [0.717, 1.165) is 5.56 Å². The van der Waals surface area contributed by atoms with E-state index in [1.54, 1.807) is 55.7 Å². The van der Waals surface area contributed by atoms with E-state index in [0.29, 0.717) is 11.3 Å². The van der Waals surface area contributed by atoms with Crippen molar-refractivity contribution >= 4 is 11.6 Å². The van der Waals surface area contributed by atoms with Crippen LogP contribution in [0.3, 0.4) is 0 Å². The standard InChI is InChI=1S/C14H14N2O2/c1-10(17)11-2-4-13(5-3-11)16-14(18)12-6-8-15-9-7-12/h2-10,17H,1H3,(H,16,18)/t10-/m1/s1. The molecule has 92 valence electrons. The van der Waals surface area contributed by atoms with E-state index in [1.165, 1.54) is 0 Å². The number of aromatic nitrogens is 1. The van der Waals surface area contributed by atoms with Crippen LogP contribution in [0, 0.1) is 0 Å². The second-order valence-corrected chi connectivity index (χ2v) is 3.99. The molecule has 1 atom stereocenters. The van der Waals surface area contributed by atoms with Gasteiger partial charge in [-0.05, 0) is 36.8 Å². The van der Waals surface area contributed by atoms with E-state index in [-0.39, 0.29) is 5.91 Å². The Bertz CT molecular complexity index is 521. The smallest absolute Gasteiger partial charge is 0.255 e. The van der Waals surface area contributed by atoms with Gasteiger partial charge in [0.1, 0.15) is 0 Å². The monoisotopic (exact) mass is 242 g/mol. The van der Waals surface area contributed by atoms with Crippen molar-refractivity contribution in [2.45, 2.75) is 13.0 Å². The summed E-state index contributed by atoms with van der Waals surface area (Å²) in [5.41, 5.74) is 2.07. The molecule has 2 rings (SSSR count). The van der Waals surface area contributed by atoms with E-state index < -0.39 is 6.10 Å². The zero-order valence-corrected chi connectivity index (χ0v) is 10.00. The Balaban J connectivity index is 2.08. The summed E-state index contributed by atoms with van der Waals surface area (Å²) in [6.45, 7) is 1.70. The van der Waals surface area contributed by atoms with E-state index in [1.807, 2.05) is 0 Å². The maximum atomic E-state index is 11.8. The first-order valence-corrected chi connectivity index (χ1v) is 5.66. The molecule has 4 nitrogen and oxygen atoms in total. The van der Waals surface area contributed by atoms with Crippen LogP contribution in [0.2, 0.25) is 0 Å². The van der Waals surface area contributed by atoms with Crippen molar-refractivity contribution in [3.63, 3.8) is 0 Å².